The number of ether oxygens (including phenoxy) is 1. The van der Waals surface area contributed by atoms with Crippen LogP contribution in [0, 0.1) is 0 Å². The minimum Gasteiger partial charge on any atom is -0.494 e. The molecule has 19 heavy (non-hydrogen) atoms. The van der Waals surface area contributed by atoms with Crippen molar-refractivity contribution in [1.82, 2.24) is 4.90 Å². The Kier molecular flexibility index (Phi) is 8.86. The first-order valence-electron chi connectivity index (χ1n) is 5.31. The molecule has 0 aliphatic rings. The highest BCUT2D eigenvalue weighted by Crippen LogP contribution is 2.36. The number of benzene rings is 1. The van der Waals surface area contributed by atoms with Crippen LogP contribution in [0.25, 0.3) is 0 Å². The lowest BCUT2D eigenvalue weighted by Crippen LogP contribution is -2.15. The SMILES string of the molecule is COc1c(Cl)ccc(Cl)c1C(=O)SCCN(C)C.Cl. The van der Waals surface area contributed by atoms with Gasteiger partial charge in [-0.25, -0.2) is 0 Å². The van der Waals surface area contributed by atoms with E-state index in [2.05, 4.69) is 0 Å². The maximum atomic E-state index is 12.1. The molecule has 1 aromatic rings. The number of hydrogen-bond acceptors (Lipinski definition) is 4. The Labute approximate surface area is 134 Å². The Morgan fingerprint density at radius 2 is 1.89 bits per heavy atom. The van der Waals surface area contributed by atoms with E-state index in [0.717, 1.165) is 6.54 Å². The van der Waals surface area contributed by atoms with E-state index in [4.69, 9.17) is 27.9 Å². The van der Waals surface area contributed by atoms with Crippen LogP contribution in [-0.2, 0) is 0 Å². The van der Waals surface area contributed by atoms with Gasteiger partial charge in [0.2, 0.25) is 5.12 Å². The van der Waals surface area contributed by atoms with E-state index in [1.165, 1.54) is 18.9 Å². The zero-order chi connectivity index (χ0) is 13.7. The number of thioether (sulfide) groups is 1. The van der Waals surface area contributed by atoms with Crippen molar-refractivity contribution in [3.8, 4) is 5.75 Å². The van der Waals surface area contributed by atoms with Crippen LogP contribution in [0.2, 0.25) is 10.0 Å². The molecular weight excluding hydrogens is 329 g/mol. The first-order valence-corrected chi connectivity index (χ1v) is 7.05. The maximum absolute atomic E-state index is 12.1. The molecule has 3 nitrogen and oxygen atoms in total. The summed E-state index contributed by atoms with van der Waals surface area (Å²) in [5.41, 5.74) is 0.343. The summed E-state index contributed by atoms with van der Waals surface area (Å²) in [6, 6.07) is 3.22. The van der Waals surface area contributed by atoms with E-state index in [1.807, 2.05) is 19.0 Å². The molecule has 0 unspecified atom stereocenters. The molecule has 0 aliphatic heterocycles. The number of methoxy groups -OCH3 is 1. The van der Waals surface area contributed by atoms with Crippen molar-refractivity contribution < 1.29 is 9.53 Å². The van der Waals surface area contributed by atoms with Crippen molar-refractivity contribution in [2.75, 3.05) is 33.5 Å². The Hall–Kier alpha value is -0.130. The third-order valence-electron chi connectivity index (χ3n) is 2.24. The van der Waals surface area contributed by atoms with Crippen LogP contribution >= 0.6 is 47.4 Å². The molecule has 0 aromatic heterocycles. The molecule has 0 heterocycles. The molecule has 7 heteroatoms. The lowest BCUT2D eigenvalue weighted by molar-refractivity contribution is 0.108. The minimum absolute atomic E-state index is 0. The quantitative estimate of drug-likeness (QED) is 0.811. The fourth-order valence-electron chi connectivity index (χ4n) is 1.32. The molecule has 0 spiro atoms. The maximum Gasteiger partial charge on any atom is 0.224 e. The normalized spacial score (nSPS) is 10.2. The van der Waals surface area contributed by atoms with Crippen molar-refractivity contribution in [2.24, 2.45) is 0 Å². The van der Waals surface area contributed by atoms with Crippen LogP contribution in [0.4, 0.5) is 0 Å². The molecule has 0 aliphatic carbocycles. The standard InChI is InChI=1S/C12H15Cl2NO2S.ClH/c1-15(2)6-7-18-12(16)10-8(13)4-5-9(14)11(10)17-3;/h4-5H,6-7H2,1-3H3;1H. The van der Waals surface area contributed by atoms with Gasteiger partial charge >= 0.3 is 0 Å². The van der Waals surface area contributed by atoms with E-state index in [1.54, 1.807) is 12.1 Å². The van der Waals surface area contributed by atoms with Gasteiger partial charge in [-0.1, -0.05) is 35.0 Å². The van der Waals surface area contributed by atoms with E-state index < -0.39 is 0 Å². The second-order valence-electron chi connectivity index (χ2n) is 3.88. The Morgan fingerprint density at radius 3 is 2.42 bits per heavy atom. The summed E-state index contributed by atoms with van der Waals surface area (Å²) in [5.74, 6) is 1.03. The number of hydrogen-bond donors (Lipinski definition) is 0. The van der Waals surface area contributed by atoms with Crippen LogP contribution in [0.15, 0.2) is 12.1 Å². The van der Waals surface area contributed by atoms with Gasteiger partial charge in [0, 0.05) is 12.3 Å². The molecule has 108 valence electrons. The molecule has 0 N–H and O–H groups in total. The second kappa shape index (κ2) is 8.93. The van der Waals surface area contributed by atoms with Gasteiger partial charge in [0.05, 0.1) is 22.7 Å². The average molecular weight is 345 g/mol. The molecule has 0 amide bonds. The summed E-state index contributed by atoms with van der Waals surface area (Å²) in [6.45, 7) is 0.816. The van der Waals surface area contributed by atoms with E-state index >= 15 is 0 Å². The lowest BCUT2D eigenvalue weighted by atomic mass is 10.2. The van der Waals surface area contributed by atoms with Crippen molar-refractivity contribution in [3.63, 3.8) is 0 Å². The Balaban J connectivity index is 0.00000324. The number of carbonyl (C=O) groups is 1. The second-order valence-corrected chi connectivity index (χ2v) is 5.76. The molecular formula is C12H16Cl3NO2S. The van der Waals surface area contributed by atoms with Gasteiger partial charge in [-0.05, 0) is 26.2 Å². The summed E-state index contributed by atoms with van der Waals surface area (Å²) >= 11 is 13.2. The predicted octanol–water partition coefficient (Wildman–Crippen LogP) is 3.86. The lowest BCUT2D eigenvalue weighted by Gasteiger charge is -2.12. The van der Waals surface area contributed by atoms with Crippen LogP contribution in [0.5, 0.6) is 5.75 Å². The summed E-state index contributed by atoms with van der Waals surface area (Å²) in [7, 11) is 5.38. The van der Waals surface area contributed by atoms with Gasteiger partial charge in [0.1, 0.15) is 0 Å². The van der Waals surface area contributed by atoms with Crippen LogP contribution in [0.3, 0.4) is 0 Å². The number of nitrogens with zero attached hydrogens (tertiary/aromatic N) is 1. The highest BCUT2D eigenvalue weighted by molar-refractivity contribution is 8.14. The number of carbonyl (C=O) groups excluding carboxylic acids is 1. The average Bonchev–Trinajstić information content (AvgIpc) is 2.30. The summed E-state index contributed by atoms with van der Waals surface area (Å²) in [5, 5.41) is 0.623. The third kappa shape index (κ3) is 5.40. The van der Waals surface area contributed by atoms with Crippen LogP contribution in [-0.4, -0.2) is 43.5 Å². The fourth-order valence-corrected chi connectivity index (χ4v) is 2.83. The predicted molar refractivity (Wildman–Crippen MR) is 85.6 cm³/mol. The highest BCUT2D eigenvalue weighted by Gasteiger charge is 2.19. The molecule has 1 rings (SSSR count). The van der Waals surface area contributed by atoms with Gasteiger partial charge in [0.15, 0.2) is 5.75 Å². The molecule has 1 aromatic carbocycles. The van der Waals surface area contributed by atoms with Crippen molar-refractivity contribution in [3.05, 3.63) is 27.7 Å². The molecule has 0 saturated carbocycles. The first-order chi connectivity index (χ1) is 8.47. The van der Waals surface area contributed by atoms with Gasteiger partial charge in [-0.3, -0.25) is 4.79 Å². The van der Waals surface area contributed by atoms with E-state index in [0.29, 0.717) is 27.1 Å². The topological polar surface area (TPSA) is 29.5 Å². The van der Waals surface area contributed by atoms with Gasteiger partial charge in [0.25, 0.3) is 0 Å². The summed E-state index contributed by atoms with van der Waals surface area (Å²) < 4.78 is 5.14. The largest absolute Gasteiger partial charge is 0.494 e. The molecule has 0 saturated heterocycles. The summed E-state index contributed by atoms with van der Waals surface area (Å²) in [4.78, 5) is 14.1. The zero-order valence-electron chi connectivity index (χ0n) is 10.9. The van der Waals surface area contributed by atoms with Crippen molar-refractivity contribution in [1.29, 1.82) is 0 Å². The van der Waals surface area contributed by atoms with Gasteiger partial charge < -0.3 is 9.64 Å². The molecule has 0 fully saturated rings. The Morgan fingerprint density at radius 1 is 1.32 bits per heavy atom. The molecule has 0 atom stereocenters. The summed E-state index contributed by atoms with van der Waals surface area (Å²) in [6.07, 6.45) is 0. The van der Waals surface area contributed by atoms with Crippen molar-refractivity contribution in [2.45, 2.75) is 0 Å². The zero-order valence-corrected chi connectivity index (χ0v) is 14.0. The van der Waals surface area contributed by atoms with E-state index in [9.17, 15) is 4.79 Å². The fraction of sp³-hybridized carbons (Fsp3) is 0.417. The molecule has 0 bridgehead atoms. The van der Waals surface area contributed by atoms with Crippen LogP contribution < -0.4 is 4.74 Å². The van der Waals surface area contributed by atoms with Gasteiger partial charge in [-0.2, -0.15) is 0 Å². The number of rotatable bonds is 5. The van der Waals surface area contributed by atoms with Gasteiger partial charge in [-0.15, -0.1) is 12.4 Å². The first kappa shape index (κ1) is 18.9. The third-order valence-corrected chi connectivity index (χ3v) is 3.70. The van der Waals surface area contributed by atoms with Crippen molar-refractivity contribution >= 4 is 52.5 Å². The highest BCUT2D eigenvalue weighted by atomic mass is 35.5. The smallest absolute Gasteiger partial charge is 0.224 e. The van der Waals surface area contributed by atoms with E-state index in [-0.39, 0.29) is 17.5 Å². The molecule has 0 radical (unpaired) electrons. The minimum atomic E-state index is -0.124. The monoisotopic (exact) mass is 343 g/mol. The van der Waals surface area contributed by atoms with Crippen LogP contribution in [0.1, 0.15) is 10.4 Å². The Bertz CT molecular complexity index is 441. The number of halogens is 3.